The topological polar surface area (TPSA) is 32.3 Å². The molecule has 14 rings (SSSR count). The predicted octanol–water partition coefficient (Wildman–Crippen LogP) is 15.0. The second kappa shape index (κ2) is 14.5. The van der Waals surface area contributed by atoms with Crippen LogP contribution in [0, 0.1) is 29.1 Å². The Morgan fingerprint density at radius 1 is 0.600 bits per heavy atom. The van der Waals surface area contributed by atoms with Gasteiger partial charge in [0.15, 0.2) is 0 Å². The molecule has 4 atom stereocenters. The fourth-order valence-electron chi connectivity index (χ4n) is 15.8. The monoisotopic (exact) mass is 928 g/mol. The van der Waals surface area contributed by atoms with E-state index in [9.17, 15) is 0 Å². The van der Waals surface area contributed by atoms with Crippen molar-refractivity contribution in [2.75, 3.05) is 16.1 Å². The predicted molar refractivity (Wildman–Crippen MR) is 294 cm³/mol. The highest BCUT2D eigenvalue weighted by molar-refractivity contribution is 7.98. The molecule has 4 heterocycles. The number of benzene rings is 5. The molecule has 7 aliphatic rings. The zero-order chi connectivity index (χ0) is 47.8. The Hall–Kier alpha value is -6.11. The normalized spacial score (nSPS) is 25.0. The molecule has 4 unspecified atom stereocenters. The number of anilines is 5. The van der Waals surface area contributed by atoms with E-state index in [1.54, 1.807) is 11.1 Å². The molecule has 0 saturated heterocycles. The fraction of sp³-hybridized carbons (Fsp3) is 0.312. The van der Waals surface area contributed by atoms with Crippen LogP contribution in [0.4, 0.5) is 28.4 Å². The lowest BCUT2D eigenvalue weighted by molar-refractivity contribution is -0.412. The molecule has 5 aromatic carbocycles. The summed E-state index contributed by atoms with van der Waals surface area (Å²) in [6, 6.07) is 47.0. The van der Waals surface area contributed by atoms with E-state index < -0.39 is 0 Å². The summed E-state index contributed by atoms with van der Waals surface area (Å²) in [5.41, 5.74) is 24.9. The largest absolute Gasteiger partial charge is 0.315 e. The van der Waals surface area contributed by atoms with Crippen molar-refractivity contribution in [3.63, 3.8) is 0 Å². The van der Waals surface area contributed by atoms with E-state index in [2.05, 4.69) is 193 Å². The van der Waals surface area contributed by atoms with Crippen molar-refractivity contribution in [3.8, 4) is 33.6 Å². The van der Waals surface area contributed by atoms with Crippen LogP contribution in [0.2, 0.25) is 0 Å². The van der Waals surface area contributed by atoms with Crippen molar-refractivity contribution >= 4 is 57.8 Å². The maximum Gasteiger partial charge on any atom is 0.251 e. The average molecular weight is 929 g/mol. The molecule has 7 aromatic rings. The van der Waals surface area contributed by atoms with Crippen molar-refractivity contribution in [1.29, 1.82) is 0 Å². The number of aromatic nitrogens is 2. The van der Waals surface area contributed by atoms with Crippen molar-refractivity contribution < 1.29 is 0 Å². The van der Waals surface area contributed by atoms with Gasteiger partial charge >= 0.3 is 0 Å². The molecule has 6 heteroatoms. The first-order chi connectivity index (χ1) is 33.8. The van der Waals surface area contributed by atoms with Gasteiger partial charge in [0.2, 0.25) is 0 Å². The Morgan fingerprint density at radius 2 is 1.19 bits per heavy atom. The van der Waals surface area contributed by atoms with Crippen molar-refractivity contribution in [2.24, 2.45) is 29.1 Å². The number of nitrogens with zero attached hydrogens (tertiary/aromatic N) is 4. The Bertz CT molecular complexity index is 3430. The maximum absolute atomic E-state index is 5.11. The molecule has 4 saturated carbocycles. The van der Waals surface area contributed by atoms with Crippen LogP contribution in [0.5, 0.6) is 0 Å². The molecule has 0 N–H and O–H groups in total. The van der Waals surface area contributed by atoms with Crippen LogP contribution < -0.4 is 20.7 Å². The minimum atomic E-state index is -0.0521. The maximum atomic E-state index is 5.11. The molecule has 0 amide bonds. The molecule has 2 spiro atoms. The molecule has 70 heavy (non-hydrogen) atoms. The molecular weight excluding hydrogens is 868 g/mol. The van der Waals surface area contributed by atoms with Crippen LogP contribution in [0.15, 0.2) is 162 Å². The highest BCUT2D eigenvalue weighted by atomic mass is 32.2. The summed E-state index contributed by atoms with van der Waals surface area (Å²) in [7, 11) is 0. The van der Waals surface area contributed by atoms with Gasteiger partial charge in [0, 0.05) is 56.6 Å². The SMILES string of the molecule is C/C=C\C1=C(C)N(c2ccc(C(C)(C)C)cc2-c2ccccn2)c2cc(SC)cc3c2B1c1cc2c(cc1N3c1ccc(C(C)(C)C)cc1-c1ccccn1)-c1ccccc1C21C2CC3CC4CC1C342. The van der Waals surface area contributed by atoms with Crippen LogP contribution in [-0.4, -0.2) is 22.9 Å². The van der Waals surface area contributed by atoms with Crippen LogP contribution in [0.25, 0.3) is 33.6 Å². The van der Waals surface area contributed by atoms with Gasteiger partial charge in [0.05, 0.1) is 22.8 Å². The lowest BCUT2D eigenvalue weighted by Gasteiger charge is -2.92. The van der Waals surface area contributed by atoms with Crippen LogP contribution in [-0.2, 0) is 16.2 Å². The van der Waals surface area contributed by atoms with E-state index in [0.29, 0.717) is 5.41 Å². The summed E-state index contributed by atoms with van der Waals surface area (Å²) < 4.78 is 0. The Balaban J connectivity index is 1.09. The first-order valence-corrected chi connectivity index (χ1v) is 27.1. The quantitative estimate of drug-likeness (QED) is 0.123. The van der Waals surface area contributed by atoms with Gasteiger partial charge in [0.25, 0.3) is 6.71 Å². The number of rotatable bonds is 6. The molecule has 2 aromatic heterocycles. The lowest BCUT2D eigenvalue weighted by Crippen LogP contribution is -2.88. The van der Waals surface area contributed by atoms with Crippen LogP contribution in [0.1, 0.15) is 96.9 Å². The zero-order valence-electron chi connectivity index (χ0n) is 42.1. The van der Waals surface area contributed by atoms with Crippen molar-refractivity contribution in [3.05, 3.63) is 179 Å². The Kier molecular flexibility index (Phi) is 8.86. The number of thioether (sulfide) groups is 1. The van der Waals surface area contributed by atoms with Crippen molar-refractivity contribution in [2.45, 2.75) is 95.8 Å². The van der Waals surface area contributed by atoms with Gasteiger partial charge in [-0.3, -0.25) is 9.97 Å². The minimum absolute atomic E-state index is 0.00554. The molecule has 2 aliphatic heterocycles. The zero-order valence-corrected chi connectivity index (χ0v) is 42.9. The van der Waals surface area contributed by atoms with E-state index in [1.165, 1.54) is 85.6 Å². The highest BCUT2D eigenvalue weighted by Gasteiger charge is 2.90. The van der Waals surface area contributed by atoms with E-state index in [4.69, 9.17) is 9.97 Å². The number of allylic oxidation sites excluding steroid dienone is 4. The summed E-state index contributed by atoms with van der Waals surface area (Å²) in [5.74, 6) is 3.38. The van der Waals surface area contributed by atoms with Crippen molar-refractivity contribution in [1.82, 2.24) is 9.97 Å². The summed E-state index contributed by atoms with van der Waals surface area (Å²) in [5, 5.41) is 0. The minimum Gasteiger partial charge on any atom is -0.315 e. The van der Waals surface area contributed by atoms with Gasteiger partial charge in [0.1, 0.15) is 0 Å². The van der Waals surface area contributed by atoms with E-state index in [0.717, 1.165) is 57.6 Å². The molecule has 0 bridgehead atoms. The Morgan fingerprint density at radius 3 is 1.74 bits per heavy atom. The van der Waals surface area contributed by atoms with Gasteiger partial charge in [-0.15, -0.1) is 11.8 Å². The van der Waals surface area contributed by atoms with Gasteiger partial charge in [-0.2, -0.15) is 0 Å². The molecule has 346 valence electrons. The summed E-state index contributed by atoms with van der Waals surface area (Å²) in [4.78, 5) is 16.6. The summed E-state index contributed by atoms with van der Waals surface area (Å²) in [6.45, 7) is 18.5. The molecule has 5 aliphatic carbocycles. The van der Waals surface area contributed by atoms with E-state index in [-0.39, 0.29) is 23.0 Å². The fourth-order valence-corrected chi connectivity index (χ4v) is 16.2. The first-order valence-electron chi connectivity index (χ1n) is 25.9. The molecular formula is C64H61BN4S. The van der Waals surface area contributed by atoms with Crippen LogP contribution >= 0.6 is 11.8 Å². The highest BCUT2D eigenvalue weighted by Crippen LogP contribution is 2.94. The third-order valence-corrected chi connectivity index (χ3v) is 19.5. The van der Waals surface area contributed by atoms with E-state index >= 15 is 0 Å². The number of fused-ring (bicyclic) bond motifs is 9. The standard InChI is InChI=1S/C64H61BN4S/c1-10-17-49-37(2)68(53-24-22-38(61(3,4)5)29-45(53)51-20-13-15-26-66-51)56-33-42(70-9)34-57-60(56)65(49)50-36-48-44(43-18-11-12-19-47(43)64(48)58-31-40-28-41-32-59(64)63(40,41)58)35-55(50)69(57)54-25-23-39(62(6,7)8)30-46(54)52-21-14-16-27-67-52/h10-27,29-30,33-36,40-41,58-59H,28,31-32H2,1-9H3/b17-10-. The lowest BCUT2D eigenvalue weighted by atomic mass is 9.11. The van der Waals surface area contributed by atoms with Crippen LogP contribution in [0.3, 0.4) is 0 Å². The Labute approximate surface area is 419 Å². The van der Waals surface area contributed by atoms with Gasteiger partial charge in [-0.25, -0.2) is 0 Å². The van der Waals surface area contributed by atoms with E-state index in [1.807, 2.05) is 36.3 Å². The second-order valence-electron chi connectivity index (χ2n) is 23.7. The summed E-state index contributed by atoms with van der Waals surface area (Å²) >= 11 is 1.83. The average Bonchev–Trinajstić information content (AvgIpc) is 3.63. The number of pyridine rings is 2. The molecule has 4 nitrogen and oxygen atoms in total. The second-order valence-corrected chi connectivity index (χ2v) is 24.6. The van der Waals surface area contributed by atoms with Gasteiger partial charge in [-0.05, 0) is 196 Å². The molecule has 4 fully saturated rings. The first kappa shape index (κ1) is 42.7. The smallest absolute Gasteiger partial charge is 0.251 e. The molecule has 0 radical (unpaired) electrons. The number of hydrogen-bond acceptors (Lipinski definition) is 5. The summed E-state index contributed by atoms with van der Waals surface area (Å²) in [6.07, 6.45) is 15.1. The third-order valence-electron chi connectivity index (χ3n) is 18.8. The van der Waals surface area contributed by atoms with Gasteiger partial charge < -0.3 is 9.80 Å². The van der Waals surface area contributed by atoms with Gasteiger partial charge in [-0.1, -0.05) is 108 Å². The third kappa shape index (κ3) is 5.31. The number of hydrogen-bond donors (Lipinski definition) is 0.